The minimum atomic E-state index is 0.670. The number of nitrogens with one attached hydrogen (secondary N) is 1. The number of aromatic nitrogens is 2. The van der Waals surface area contributed by atoms with E-state index in [-0.39, 0.29) is 0 Å². The largest absolute Gasteiger partial charge is 0.335 e. The van der Waals surface area contributed by atoms with E-state index in [0.717, 1.165) is 19.5 Å². The summed E-state index contributed by atoms with van der Waals surface area (Å²) in [6.45, 7) is 7.96. The summed E-state index contributed by atoms with van der Waals surface area (Å²) in [7, 11) is 2.21. The second-order valence-corrected chi connectivity index (χ2v) is 5.56. The molecule has 1 aromatic rings. The van der Waals surface area contributed by atoms with E-state index >= 15 is 0 Å². The quantitative estimate of drug-likeness (QED) is 0.855. The van der Waals surface area contributed by atoms with Crippen molar-refractivity contribution in [2.75, 3.05) is 26.2 Å². The highest BCUT2D eigenvalue weighted by molar-refractivity contribution is 5.22. The fraction of sp³-hybridized carbons (Fsp3) is 0.786. The van der Waals surface area contributed by atoms with Crippen LogP contribution < -0.4 is 5.32 Å². The Morgan fingerprint density at radius 3 is 2.78 bits per heavy atom. The van der Waals surface area contributed by atoms with Crippen LogP contribution in [0.3, 0.4) is 0 Å². The number of hydrogen-bond acceptors (Lipinski definition) is 3. The van der Waals surface area contributed by atoms with Gasteiger partial charge in [-0.3, -0.25) is 0 Å². The molecule has 0 unspecified atom stereocenters. The van der Waals surface area contributed by atoms with Crippen LogP contribution in [0, 0.1) is 0 Å². The summed E-state index contributed by atoms with van der Waals surface area (Å²) in [6, 6.07) is 0. The molecule has 1 fully saturated rings. The SMILES string of the molecule is CCN1CCC(c2nc3c(n2C)CCNC3)CC1. The molecule has 2 aliphatic heterocycles. The number of rotatable bonds is 2. The maximum Gasteiger partial charge on any atom is 0.112 e. The summed E-state index contributed by atoms with van der Waals surface area (Å²) in [5.74, 6) is 2.00. The molecule has 2 aliphatic rings. The molecular formula is C14H24N4. The highest BCUT2D eigenvalue weighted by Crippen LogP contribution is 2.29. The van der Waals surface area contributed by atoms with E-state index in [0.29, 0.717) is 5.92 Å². The average molecular weight is 248 g/mol. The van der Waals surface area contributed by atoms with Crippen LogP contribution in [0.4, 0.5) is 0 Å². The zero-order valence-electron chi connectivity index (χ0n) is 11.6. The van der Waals surface area contributed by atoms with Crippen LogP contribution in [0.5, 0.6) is 0 Å². The third-order valence-electron chi connectivity index (χ3n) is 4.56. The molecule has 0 aliphatic carbocycles. The zero-order chi connectivity index (χ0) is 12.5. The topological polar surface area (TPSA) is 33.1 Å². The van der Waals surface area contributed by atoms with Crippen LogP contribution >= 0.6 is 0 Å². The third kappa shape index (κ3) is 2.08. The molecule has 4 nitrogen and oxygen atoms in total. The van der Waals surface area contributed by atoms with Crippen LogP contribution in [0.15, 0.2) is 0 Å². The molecule has 0 bridgehead atoms. The van der Waals surface area contributed by atoms with E-state index in [1.54, 1.807) is 0 Å². The lowest BCUT2D eigenvalue weighted by atomic mass is 9.96. The molecule has 100 valence electrons. The molecule has 1 N–H and O–H groups in total. The lowest BCUT2D eigenvalue weighted by Crippen LogP contribution is -2.33. The summed E-state index contributed by atoms with van der Waals surface area (Å²) >= 11 is 0. The molecule has 0 radical (unpaired) electrons. The molecule has 3 heterocycles. The minimum absolute atomic E-state index is 0.670. The van der Waals surface area contributed by atoms with Gasteiger partial charge in [-0.2, -0.15) is 0 Å². The van der Waals surface area contributed by atoms with E-state index in [2.05, 4.69) is 28.8 Å². The Morgan fingerprint density at radius 2 is 2.11 bits per heavy atom. The molecule has 0 amide bonds. The van der Waals surface area contributed by atoms with Crippen molar-refractivity contribution in [3.63, 3.8) is 0 Å². The molecule has 1 aromatic heterocycles. The molecule has 3 rings (SSSR count). The van der Waals surface area contributed by atoms with Gasteiger partial charge < -0.3 is 14.8 Å². The first-order chi connectivity index (χ1) is 8.79. The maximum atomic E-state index is 4.91. The lowest BCUT2D eigenvalue weighted by Gasteiger charge is -2.30. The van der Waals surface area contributed by atoms with Gasteiger partial charge in [0.2, 0.25) is 0 Å². The summed E-state index contributed by atoms with van der Waals surface area (Å²) in [5, 5.41) is 3.42. The normalized spacial score (nSPS) is 22.1. The Balaban J connectivity index is 1.78. The van der Waals surface area contributed by atoms with E-state index in [1.807, 2.05) is 0 Å². The van der Waals surface area contributed by atoms with Crippen molar-refractivity contribution in [2.45, 2.75) is 38.6 Å². The average Bonchev–Trinajstić information content (AvgIpc) is 2.77. The Labute approximate surface area is 109 Å². The summed E-state index contributed by atoms with van der Waals surface area (Å²) in [6.07, 6.45) is 3.67. The van der Waals surface area contributed by atoms with Gasteiger partial charge in [-0.1, -0.05) is 6.92 Å². The summed E-state index contributed by atoms with van der Waals surface area (Å²) in [5.41, 5.74) is 2.75. The van der Waals surface area contributed by atoms with Crippen LogP contribution in [-0.4, -0.2) is 40.6 Å². The third-order valence-corrected chi connectivity index (χ3v) is 4.56. The van der Waals surface area contributed by atoms with Gasteiger partial charge >= 0.3 is 0 Å². The maximum absolute atomic E-state index is 4.91. The number of fused-ring (bicyclic) bond motifs is 1. The standard InChI is InChI=1S/C14H24N4/c1-3-18-8-5-11(6-9-18)14-16-12-10-15-7-4-13(12)17(14)2/h11,15H,3-10H2,1-2H3. The van der Waals surface area contributed by atoms with Crippen molar-refractivity contribution in [2.24, 2.45) is 7.05 Å². The van der Waals surface area contributed by atoms with Crippen molar-refractivity contribution in [1.29, 1.82) is 0 Å². The Bertz CT molecular complexity index is 416. The monoisotopic (exact) mass is 248 g/mol. The van der Waals surface area contributed by atoms with Crippen LogP contribution in [-0.2, 0) is 20.0 Å². The van der Waals surface area contributed by atoms with Crippen molar-refractivity contribution < 1.29 is 0 Å². The highest BCUT2D eigenvalue weighted by atomic mass is 15.1. The Hall–Kier alpha value is -0.870. The van der Waals surface area contributed by atoms with Crippen molar-refractivity contribution >= 4 is 0 Å². The second-order valence-electron chi connectivity index (χ2n) is 5.56. The van der Waals surface area contributed by atoms with Crippen molar-refractivity contribution in [3.05, 3.63) is 17.2 Å². The van der Waals surface area contributed by atoms with Gasteiger partial charge in [0.1, 0.15) is 5.82 Å². The highest BCUT2D eigenvalue weighted by Gasteiger charge is 2.26. The fourth-order valence-electron chi connectivity index (χ4n) is 3.35. The van der Waals surface area contributed by atoms with Gasteiger partial charge in [-0.05, 0) is 32.5 Å². The molecule has 0 aromatic carbocycles. The molecule has 4 heteroatoms. The molecule has 18 heavy (non-hydrogen) atoms. The van der Waals surface area contributed by atoms with E-state index < -0.39 is 0 Å². The van der Waals surface area contributed by atoms with Crippen LogP contribution in [0.1, 0.15) is 42.9 Å². The first-order valence-electron chi connectivity index (χ1n) is 7.27. The molecular weight excluding hydrogens is 224 g/mol. The summed E-state index contributed by atoms with van der Waals surface area (Å²) in [4.78, 5) is 7.45. The van der Waals surface area contributed by atoms with Crippen molar-refractivity contribution in [3.8, 4) is 0 Å². The second kappa shape index (κ2) is 5.02. The van der Waals surface area contributed by atoms with Gasteiger partial charge in [0.25, 0.3) is 0 Å². The van der Waals surface area contributed by atoms with Crippen LogP contribution in [0.25, 0.3) is 0 Å². The van der Waals surface area contributed by atoms with Gasteiger partial charge in [0.05, 0.1) is 5.69 Å². The molecule has 1 saturated heterocycles. The Morgan fingerprint density at radius 1 is 1.33 bits per heavy atom. The molecule has 0 saturated carbocycles. The van der Waals surface area contributed by atoms with Gasteiger partial charge in [0.15, 0.2) is 0 Å². The van der Waals surface area contributed by atoms with Gasteiger partial charge in [-0.25, -0.2) is 4.98 Å². The number of hydrogen-bond donors (Lipinski definition) is 1. The lowest BCUT2D eigenvalue weighted by molar-refractivity contribution is 0.217. The smallest absolute Gasteiger partial charge is 0.112 e. The van der Waals surface area contributed by atoms with Gasteiger partial charge in [-0.15, -0.1) is 0 Å². The molecule has 0 atom stereocenters. The summed E-state index contributed by atoms with van der Waals surface area (Å²) < 4.78 is 2.38. The zero-order valence-corrected chi connectivity index (χ0v) is 11.6. The number of nitrogens with zero attached hydrogens (tertiary/aromatic N) is 3. The number of imidazole rings is 1. The van der Waals surface area contributed by atoms with E-state index in [1.165, 1.54) is 49.7 Å². The van der Waals surface area contributed by atoms with Gasteiger partial charge in [0, 0.05) is 38.2 Å². The van der Waals surface area contributed by atoms with Crippen molar-refractivity contribution in [1.82, 2.24) is 19.8 Å². The Kier molecular flexibility index (Phi) is 3.39. The predicted molar refractivity (Wildman–Crippen MR) is 72.7 cm³/mol. The minimum Gasteiger partial charge on any atom is -0.335 e. The first kappa shape index (κ1) is 12.2. The first-order valence-corrected chi connectivity index (χ1v) is 7.27. The van der Waals surface area contributed by atoms with E-state index in [9.17, 15) is 0 Å². The number of piperidine rings is 1. The van der Waals surface area contributed by atoms with Crippen LogP contribution in [0.2, 0.25) is 0 Å². The molecule has 0 spiro atoms. The fourth-order valence-corrected chi connectivity index (χ4v) is 3.35. The predicted octanol–water partition coefficient (Wildman–Crippen LogP) is 1.27. The van der Waals surface area contributed by atoms with E-state index in [4.69, 9.17) is 4.98 Å². The number of likely N-dealkylation sites (tertiary alicyclic amines) is 1.